The van der Waals surface area contributed by atoms with E-state index in [4.69, 9.17) is 18.7 Å². The highest BCUT2D eigenvalue weighted by atomic mass is 32.2. The van der Waals surface area contributed by atoms with Crippen LogP contribution in [0.5, 0.6) is 0 Å². The van der Waals surface area contributed by atoms with Crippen molar-refractivity contribution in [3.05, 3.63) is 62.9 Å². The maximum Gasteiger partial charge on any atom is 0.490 e. The number of thioether (sulfide) groups is 1. The minimum Gasteiger partial charge on any atom is -0.346 e. The molecule has 19 nitrogen and oxygen atoms in total. The Morgan fingerprint density at radius 2 is 1.53 bits per heavy atom. The number of aryl methyl sites for hydroxylation is 1. The molecule has 1 aromatic carbocycles. The third-order valence-electron chi connectivity index (χ3n) is 6.93. The van der Waals surface area contributed by atoms with Crippen LogP contribution >= 0.6 is 42.8 Å². The molecule has 2 aliphatic heterocycles. The number of ether oxygens (including phenoxy) is 3. The quantitative estimate of drug-likeness (QED) is 0.0992. The number of fused-ring (bicyclic) bond motifs is 1. The van der Waals surface area contributed by atoms with Gasteiger partial charge in [-0.25, -0.2) is 22.8 Å². The van der Waals surface area contributed by atoms with Gasteiger partial charge < -0.3 is 33.8 Å². The molecule has 0 bridgehead atoms. The topological polar surface area (TPSA) is 269 Å². The highest BCUT2D eigenvalue weighted by molar-refractivity contribution is 7.99. The maximum absolute atomic E-state index is 12.9. The van der Waals surface area contributed by atoms with Crippen LogP contribution in [0, 0.1) is 0 Å². The van der Waals surface area contributed by atoms with Crippen LogP contribution < -0.4 is 11.2 Å². The van der Waals surface area contributed by atoms with Crippen molar-refractivity contribution < 1.29 is 69.5 Å². The first-order valence-electron chi connectivity index (χ1n) is 15.0. The van der Waals surface area contributed by atoms with Gasteiger partial charge in [0.05, 0.1) is 17.7 Å². The first-order chi connectivity index (χ1) is 22.9. The first kappa shape index (κ1) is 40.5. The van der Waals surface area contributed by atoms with Crippen molar-refractivity contribution >= 4 is 42.8 Å². The van der Waals surface area contributed by atoms with E-state index in [2.05, 4.69) is 17.9 Å². The molecule has 1 aromatic heterocycles. The van der Waals surface area contributed by atoms with Gasteiger partial charge >= 0.3 is 36.8 Å². The zero-order chi connectivity index (χ0) is 36.0. The lowest BCUT2D eigenvalue weighted by Gasteiger charge is -2.23. The van der Waals surface area contributed by atoms with Crippen molar-refractivity contribution in [3.8, 4) is 0 Å². The second-order valence-corrected chi connectivity index (χ2v) is 18.8. The number of phosphoric ester groups is 1. The van der Waals surface area contributed by atoms with Crippen LogP contribution in [0.2, 0.25) is 0 Å². The molecule has 5 unspecified atom stereocenters. The van der Waals surface area contributed by atoms with Gasteiger partial charge in [0.15, 0.2) is 12.5 Å². The van der Waals surface area contributed by atoms with E-state index in [0.29, 0.717) is 25.0 Å². The number of nitrogens with one attached hydrogen (secondary N) is 1. The Bertz CT molecular complexity index is 1740. The Morgan fingerprint density at radius 1 is 0.878 bits per heavy atom. The predicted molar refractivity (Wildman–Crippen MR) is 173 cm³/mol. The zero-order valence-electron chi connectivity index (χ0n) is 26.2. The van der Waals surface area contributed by atoms with Gasteiger partial charge in [-0.2, -0.15) is 8.62 Å². The summed E-state index contributed by atoms with van der Waals surface area (Å²) in [5, 5.41) is 0. The number of rotatable bonds is 19. The molecule has 2 saturated heterocycles. The lowest BCUT2D eigenvalue weighted by molar-refractivity contribution is -0.153. The number of phosphoric acid groups is 3. The molecular weight excluding hydrogens is 756 g/mol. The van der Waals surface area contributed by atoms with Crippen molar-refractivity contribution in [2.24, 2.45) is 0 Å². The molecule has 24 heteroatoms. The Morgan fingerprint density at radius 3 is 2.20 bits per heavy atom. The van der Waals surface area contributed by atoms with Gasteiger partial charge in [-0.1, -0.05) is 50.6 Å². The molecule has 0 spiro atoms. The lowest BCUT2D eigenvalue weighted by Crippen LogP contribution is -2.37. The molecule has 9 atom stereocenters. The fraction of sp³-hybridized carbons (Fsp3) is 0.600. The molecule has 0 aliphatic carbocycles. The summed E-state index contributed by atoms with van der Waals surface area (Å²) in [7, 11) is -22.1. The number of hydrogen-bond donors (Lipinski definition) is 5. The van der Waals surface area contributed by atoms with E-state index in [1.807, 2.05) is 37.3 Å². The van der Waals surface area contributed by atoms with Crippen LogP contribution in [-0.2, 0) is 56.3 Å². The Hall–Kier alpha value is -1.27. The summed E-state index contributed by atoms with van der Waals surface area (Å²) >= 11 is 1.21. The van der Waals surface area contributed by atoms with Crippen molar-refractivity contribution in [2.75, 3.05) is 18.5 Å². The molecule has 276 valence electrons. The van der Waals surface area contributed by atoms with Crippen molar-refractivity contribution in [1.29, 1.82) is 0 Å². The highest BCUT2D eigenvalue weighted by Gasteiger charge is 2.54. The molecule has 2 aliphatic rings. The van der Waals surface area contributed by atoms with E-state index in [-0.39, 0.29) is 11.3 Å². The van der Waals surface area contributed by atoms with E-state index in [1.165, 1.54) is 18.0 Å². The molecule has 0 radical (unpaired) electrons. The summed E-state index contributed by atoms with van der Waals surface area (Å²) in [4.78, 5) is 67.2. The van der Waals surface area contributed by atoms with E-state index in [1.54, 1.807) is 6.92 Å². The summed E-state index contributed by atoms with van der Waals surface area (Å²) in [5.41, 5.74) is -0.448. The molecule has 3 heterocycles. The molecule has 2 aromatic rings. The van der Waals surface area contributed by atoms with Crippen LogP contribution in [-0.4, -0.2) is 72.2 Å². The fourth-order valence-electron chi connectivity index (χ4n) is 4.84. The smallest absolute Gasteiger partial charge is 0.346 e. The first-order valence-corrected chi connectivity index (χ1v) is 22.2. The van der Waals surface area contributed by atoms with Crippen molar-refractivity contribution in [3.63, 3.8) is 0 Å². The molecule has 5 N–H and O–H groups in total. The predicted octanol–water partition coefficient (Wildman–Crippen LogP) is 4.03. The van der Waals surface area contributed by atoms with Gasteiger partial charge in [0.25, 0.3) is 5.56 Å². The minimum absolute atomic E-state index is 0.102. The molecule has 0 amide bonds. The second-order valence-electron chi connectivity index (χ2n) is 10.9. The zero-order valence-corrected chi connectivity index (χ0v) is 30.6. The normalized spacial score (nSPS) is 27.1. The van der Waals surface area contributed by atoms with Gasteiger partial charge in [-0.15, -0.1) is 11.8 Å². The minimum atomic E-state index is -5.95. The monoisotopic (exact) mass is 794 g/mol. The van der Waals surface area contributed by atoms with Crippen LogP contribution in [0.25, 0.3) is 0 Å². The average molecular weight is 795 g/mol. The molecule has 0 saturated carbocycles. The van der Waals surface area contributed by atoms with Crippen LogP contribution in [0.4, 0.5) is 0 Å². The van der Waals surface area contributed by atoms with Crippen molar-refractivity contribution in [1.82, 2.24) is 9.55 Å². The SMILES string of the molecule is CCCCP(=O)(O)OP(=O)(O)OP(=O)(O)OP(=O)(O)OC[C@H]1O[C@@H](n2cc(SCCC)c(=O)[nH]c2=O)[C@H]2OC(CCc3ccccc3)O[C@H]21. The third-order valence-corrected chi connectivity index (χ3v) is 14.6. The number of aromatic nitrogens is 2. The van der Waals surface area contributed by atoms with Crippen LogP contribution in [0.1, 0.15) is 51.3 Å². The van der Waals surface area contributed by atoms with Crippen molar-refractivity contribution in [2.45, 2.75) is 81.7 Å². The number of benzene rings is 1. The summed E-state index contributed by atoms with van der Waals surface area (Å²) in [5.74, 6) is 0.580. The molecular formula is C25H38N2O17P4S. The lowest BCUT2D eigenvalue weighted by atomic mass is 10.1. The van der Waals surface area contributed by atoms with Gasteiger partial charge in [0.1, 0.15) is 18.3 Å². The molecule has 4 rings (SSSR count). The number of aromatic amines is 1. The summed E-state index contributed by atoms with van der Waals surface area (Å²) in [6.07, 6.45) is -2.45. The number of H-pyrrole nitrogens is 1. The second kappa shape index (κ2) is 17.0. The number of unbranched alkanes of at least 4 members (excludes halogenated alkanes) is 1. The summed E-state index contributed by atoms with van der Waals surface area (Å²) in [6, 6.07) is 9.41. The van der Waals surface area contributed by atoms with Gasteiger partial charge in [-0.05, 0) is 30.6 Å². The molecule has 49 heavy (non-hydrogen) atoms. The van der Waals surface area contributed by atoms with Gasteiger partial charge in [0, 0.05) is 12.6 Å². The third kappa shape index (κ3) is 11.9. The largest absolute Gasteiger partial charge is 0.490 e. The van der Waals surface area contributed by atoms with E-state index in [9.17, 15) is 47.4 Å². The highest BCUT2D eigenvalue weighted by Crippen LogP contribution is 2.71. The standard InChI is InChI=1S/C25H38N2O17P4S/c1-3-5-13-45(30,31)42-47(34,35)44-48(36,37)43-46(32,33)38-16-18-21-22(41-20(40-21)12-11-17-9-7-6-8-10-17)24(39-18)27-15-19(49-14-4-2)23(28)26-25(27)29/h6-10,15,18,20-22,24H,3-5,11-14,16H2,1-2H3,(H,30,31)(H,32,33)(H,34,35)(H,36,37)(H,26,28,29)/t18-,20?,21+,22+,24-/m1/s1. The summed E-state index contributed by atoms with van der Waals surface area (Å²) < 4.78 is 85.2. The molecule has 2 fully saturated rings. The Balaban J connectivity index is 1.48. The number of hydrogen-bond acceptors (Lipinski definition) is 14. The van der Waals surface area contributed by atoms with Crippen LogP contribution in [0.15, 0.2) is 51.0 Å². The van der Waals surface area contributed by atoms with E-state index in [0.717, 1.165) is 16.6 Å². The fourth-order valence-corrected chi connectivity index (χ4v) is 11.3. The average Bonchev–Trinajstić information content (AvgIpc) is 3.56. The van der Waals surface area contributed by atoms with Gasteiger partial charge in [-0.3, -0.25) is 23.4 Å². The Kier molecular flexibility index (Phi) is 14.1. The van der Waals surface area contributed by atoms with E-state index < -0.39 is 85.9 Å². The maximum atomic E-state index is 12.9. The van der Waals surface area contributed by atoms with Gasteiger partial charge in [0.2, 0.25) is 0 Å². The number of nitrogens with zero attached hydrogens (tertiary/aromatic N) is 1. The Labute approximate surface area is 284 Å². The van der Waals surface area contributed by atoms with E-state index >= 15 is 0 Å². The summed E-state index contributed by atoms with van der Waals surface area (Å²) in [6.45, 7) is 2.70. The van der Waals surface area contributed by atoms with Crippen LogP contribution in [0.3, 0.4) is 0 Å².